The van der Waals surface area contributed by atoms with Crippen LogP contribution in [0.4, 0.5) is 0 Å². The Kier molecular flexibility index (Phi) is 6.21. The van der Waals surface area contributed by atoms with Gasteiger partial charge in [0.05, 0.1) is 33.4 Å². The van der Waals surface area contributed by atoms with Crippen molar-refractivity contribution in [3.05, 3.63) is 52.6 Å². The SMILES string of the molecule is COc1cc([C@H]2Oc3c(OC)cc(CCCO)cc3[C@@H]2CO)ccc1CO. The van der Waals surface area contributed by atoms with E-state index in [0.717, 1.165) is 23.1 Å². The van der Waals surface area contributed by atoms with Crippen molar-refractivity contribution >= 4 is 0 Å². The highest BCUT2D eigenvalue weighted by Crippen LogP contribution is 2.51. The number of aliphatic hydroxyl groups is 3. The maximum Gasteiger partial charge on any atom is 0.165 e. The fourth-order valence-electron chi connectivity index (χ4n) is 3.60. The normalized spacial score (nSPS) is 18.1. The van der Waals surface area contributed by atoms with E-state index in [0.29, 0.717) is 29.2 Å². The summed E-state index contributed by atoms with van der Waals surface area (Å²) < 4.78 is 17.1. The van der Waals surface area contributed by atoms with E-state index >= 15 is 0 Å². The van der Waals surface area contributed by atoms with E-state index in [1.807, 2.05) is 24.3 Å². The van der Waals surface area contributed by atoms with Gasteiger partial charge in [0.1, 0.15) is 11.9 Å². The minimum absolute atomic E-state index is 0.0751. The average molecular weight is 374 g/mol. The van der Waals surface area contributed by atoms with Crippen LogP contribution in [-0.4, -0.2) is 42.8 Å². The molecule has 0 saturated carbocycles. The molecule has 3 rings (SSSR count). The molecular formula is C21H26O6. The first-order chi connectivity index (χ1) is 13.2. The van der Waals surface area contributed by atoms with Gasteiger partial charge < -0.3 is 29.5 Å². The lowest BCUT2D eigenvalue weighted by Gasteiger charge is -2.19. The molecule has 0 radical (unpaired) electrons. The minimum atomic E-state index is -0.381. The third-order valence-electron chi connectivity index (χ3n) is 5.00. The van der Waals surface area contributed by atoms with Crippen molar-refractivity contribution < 1.29 is 29.5 Å². The van der Waals surface area contributed by atoms with Crippen molar-refractivity contribution in [2.75, 3.05) is 27.4 Å². The van der Waals surface area contributed by atoms with Gasteiger partial charge in [-0.3, -0.25) is 0 Å². The number of aliphatic hydroxyl groups excluding tert-OH is 3. The smallest absolute Gasteiger partial charge is 0.165 e. The summed E-state index contributed by atoms with van der Waals surface area (Å²) in [6.07, 6.45) is 1.01. The van der Waals surface area contributed by atoms with Crippen LogP contribution in [0.15, 0.2) is 30.3 Å². The van der Waals surface area contributed by atoms with Crippen molar-refractivity contribution in [2.24, 2.45) is 0 Å². The van der Waals surface area contributed by atoms with Crippen LogP contribution in [0.2, 0.25) is 0 Å². The number of benzene rings is 2. The highest BCUT2D eigenvalue weighted by molar-refractivity contribution is 5.55. The molecule has 0 fully saturated rings. The van der Waals surface area contributed by atoms with Crippen LogP contribution in [0.25, 0.3) is 0 Å². The molecule has 2 atom stereocenters. The lowest BCUT2D eigenvalue weighted by Crippen LogP contribution is -2.13. The van der Waals surface area contributed by atoms with E-state index < -0.39 is 0 Å². The lowest BCUT2D eigenvalue weighted by atomic mass is 9.89. The number of hydrogen-bond donors (Lipinski definition) is 3. The molecule has 0 aromatic heterocycles. The van der Waals surface area contributed by atoms with Crippen molar-refractivity contribution in [3.8, 4) is 17.2 Å². The maximum absolute atomic E-state index is 10.1. The van der Waals surface area contributed by atoms with Gasteiger partial charge in [-0.05, 0) is 36.1 Å². The Hall–Kier alpha value is -2.28. The number of aryl methyl sites for hydroxylation is 1. The number of hydrogen-bond acceptors (Lipinski definition) is 6. The fraction of sp³-hybridized carbons (Fsp3) is 0.429. The fourth-order valence-corrected chi connectivity index (χ4v) is 3.60. The molecule has 146 valence electrons. The Morgan fingerprint density at radius 1 is 1.00 bits per heavy atom. The van der Waals surface area contributed by atoms with E-state index in [9.17, 15) is 10.2 Å². The van der Waals surface area contributed by atoms with Crippen molar-refractivity contribution in [1.82, 2.24) is 0 Å². The Balaban J connectivity index is 2.00. The molecule has 0 aliphatic carbocycles. The van der Waals surface area contributed by atoms with E-state index in [-0.39, 0.29) is 31.8 Å². The highest BCUT2D eigenvalue weighted by atomic mass is 16.5. The van der Waals surface area contributed by atoms with Crippen LogP contribution in [0.5, 0.6) is 17.2 Å². The zero-order chi connectivity index (χ0) is 19.4. The number of fused-ring (bicyclic) bond motifs is 1. The summed E-state index contributed by atoms with van der Waals surface area (Å²) in [4.78, 5) is 0. The largest absolute Gasteiger partial charge is 0.496 e. The quantitative estimate of drug-likeness (QED) is 0.657. The predicted molar refractivity (Wildman–Crippen MR) is 101 cm³/mol. The average Bonchev–Trinajstić information content (AvgIpc) is 3.09. The summed E-state index contributed by atoms with van der Waals surface area (Å²) in [5, 5.41) is 28.6. The summed E-state index contributed by atoms with van der Waals surface area (Å²) in [6.45, 7) is -0.0615. The van der Waals surface area contributed by atoms with Crippen molar-refractivity contribution in [3.63, 3.8) is 0 Å². The minimum Gasteiger partial charge on any atom is -0.496 e. The van der Waals surface area contributed by atoms with E-state index in [2.05, 4.69) is 0 Å². The summed E-state index contributed by atoms with van der Waals surface area (Å²) in [5.41, 5.74) is 3.50. The Labute approximate surface area is 158 Å². The van der Waals surface area contributed by atoms with Gasteiger partial charge in [-0.25, -0.2) is 0 Å². The van der Waals surface area contributed by atoms with Gasteiger partial charge in [0.2, 0.25) is 0 Å². The molecule has 0 amide bonds. The topological polar surface area (TPSA) is 88.4 Å². The molecule has 1 aliphatic rings. The van der Waals surface area contributed by atoms with Crippen LogP contribution in [0.3, 0.4) is 0 Å². The van der Waals surface area contributed by atoms with Crippen molar-refractivity contribution in [2.45, 2.75) is 31.5 Å². The van der Waals surface area contributed by atoms with E-state index in [1.165, 1.54) is 0 Å². The zero-order valence-corrected chi connectivity index (χ0v) is 15.6. The third kappa shape index (κ3) is 3.74. The van der Waals surface area contributed by atoms with Crippen LogP contribution >= 0.6 is 0 Å². The molecule has 0 unspecified atom stereocenters. The number of methoxy groups -OCH3 is 2. The molecule has 0 bridgehead atoms. The Morgan fingerprint density at radius 3 is 2.41 bits per heavy atom. The van der Waals surface area contributed by atoms with Crippen LogP contribution in [0.1, 0.15) is 40.7 Å². The van der Waals surface area contributed by atoms with Gasteiger partial charge in [0.25, 0.3) is 0 Å². The first-order valence-electron chi connectivity index (χ1n) is 9.03. The molecule has 2 aromatic carbocycles. The molecule has 1 heterocycles. The van der Waals surface area contributed by atoms with E-state index in [4.69, 9.17) is 19.3 Å². The van der Waals surface area contributed by atoms with Gasteiger partial charge in [-0.1, -0.05) is 18.2 Å². The Bertz CT molecular complexity index is 788. The van der Waals surface area contributed by atoms with Gasteiger partial charge in [-0.2, -0.15) is 0 Å². The third-order valence-corrected chi connectivity index (χ3v) is 5.00. The summed E-state index contributed by atoms with van der Waals surface area (Å²) in [7, 11) is 3.15. The molecule has 27 heavy (non-hydrogen) atoms. The van der Waals surface area contributed by atoms with Crippen LogP contribution in [-0.2, 0) is 13.0 Å². The van der Waals surface area contributed by atoms with Crippen LogP contribution < -0.4 is 14.2 Å². The lowest BCUT2D eigenvalue weighted by molar-refractivity contribution is 0.156. The molecular weight excluding hydrogens is 348 g/mol. The number of ether oxygens (including phenoxy) is 3. The van der Waals surface area contributed by atoms with Gasteiger partial charge >= 0.3 is 0 Å². The monoisotopic (exact) mass is 374 g/mol. The maximum atomic E-state index is 10.1. The molecule has 3 N–H and O–H groups in total. The van der Waals surface area contributed by atoms with Gasteiger partial charge in [0.15, 0.2) is 11.5 Å². The number of rotatable bonds is 8. The molecule has 6 heteroatoms. The standard InChI is InChI=1S/C21H26O6/c1-25-18-10-14(5-6-15(18)11-23)20-17(12-24)16-8-13(4-3-7-22)9-19(26-2)21(16)27-20/h5-6,8-10,17,20,22-24H,3-4,7,11-12H2,1-2H3/t17-,20+/m0/s1. The summed E-state index contributed by atoms with van der Waals surface area (Å²) >= 11 is 0. The first kappa shape index (κ1) is 19.5. The zero-order valence-electron chi connectivity index (χ0n) is 15.6. The van der Waals surface area contributed by atoms with Crippen molar-refractivity contribution in [1.29, 1.82) is 0 Å². The van der Waals surface area contributed by atoms with E-state index in [1.54, 1.807) is 20.3 Å². The summed E-state index contributed by atoms with van der Waals surface area (Å²) in [5.74, 6) is 1.61. The predicted octanol–water partition coefficient (Wildman–Crippen LogP) is 2.33. The Morgan fingerprint density at radius 2 is 1.78 bits per heavy atom. The second-order valence-electron chi connectivity index (χ2n) is 6.60. The molecule has 0 saturated heterocycles. The molecule has 2 aromatic rings. The second kappa shape index (κ2) is 8.61. The molecule has 6 nitrogen and oxygen atoms in total. The molecule has 1 aliphatic heterocycles. The van der Waals surface area contributed by atoms with Crippen LogP contribution in [0, 0.1) is 0 Å². The van der Waals surface area contributed by atoms with Gasteiger partial charge in [-0.15, -0.1) is 0 Å². The summed E-state index contributed by atoms with van der Waals surface area (Å²) in [6, 6.07) is 9.46. The molecule has 0 spiro atoms. The second-order valence-corrected chi connectivity index (χ2v) is 6.60. The van der Waals surface area contributed by atoms with Gasteiger partial charge in [0, 0.05) is 17.7 Å². The highest BCUT2D eigenvalue weighted by Gasteiger charge is 2.37. The first-order valence-corrected chi connectivity index (χ1v) is 9.03.